The smallest absolute Gasteiger partial charge is 0.462 e. The van der Waals surface area contributed by atoms with Crippen LogP contribution in [0.2, 0.25) is 0 Å². The highest BCUT2D eigenvalue weighted by Crippen LogP contribution is 2.60. The van der Waals surface area contributed by atoms with E-state index in [1.54, 1.807) is 6.08 Å². The highest BCUT2D eigenvalue weighted by Gasteiger charge is 2.46. The number of hydrogen-bond acceptors (Lipinski definition) is 16. The Morgan fingerprint density at radius 2 is 1.44 bits per heavy atom. The molecule has 2 rings (SSSR count). The molecule has 1 aromatic rings. The number of carbonyl (C=O) groups is 2. The number of hydrogen-bond donors (Lipinski definition) is 6. The summed E-state index contributed by atoms with van der Waals surface area (Å²) in [6.07, 6.45) is 26.8. The van der Waals surface area contributed by atoms with Crippen molar-refractivity contribution in [2.75, 3.05) is 25.6 Å². The first-order chi connectivity index (χ1) is 32.4. The van der Waals surface area contributed by atoms with Gasteiger partial charge in [-0.2, -0.15) is 9.29 Å². The maximum Gasteiger partial charge on any atom is 0.481 e. The van der Waals surface area contributed by atoms with Crippen molar-refractivity contribution in [1.82, 2.24) is 9.55 Å². The summed E-state index contributed by atoms with van der Waals surface area (Å²) in [7, 11) is -10.9. The van der Waals surface area contributed by atoms with E-state index in [-0.39, 0.29) is 18.7 Å². The van der Waals surface area contributed by atoms with Crippen molar-refractivity contribution in [1.29, 1.82) is 0 Å². The minimum absolute atomic E-state index is 0.0273. The molecule has 1 aliphatic heterocycles. The standard InChI is InChI=1S/C47H77N3O16P2/c1-4-5-28-38(51)29-24-20-16-12-8-6-7-9-13-17-21-25-30-42(52)61-34-39(64-43(53)31-26-22-18-14-10-11-15-19-23-27-37(2)3)35-62-67(57,58)66-68(59,60)63-36-40-44(54)45(55)46(65-40)50-33-32-41(48)49-47(50)56/h5-7,12-13,16-17,20,24,28,32-33,37-40,44-46,51,54-55H,4,8-11,14-15,18-19,21-23,25-27,29-31,34-36H2,1-3H3,(H,57,58)(H,59,60)(H2,48,49,56)/b7-6-,16-12-,17-13-,24-20+,28-5-/t38?,39-,40-,44-,45-,46-/m1/s1. The normalized spacial score (nSPS) is 20.5. The summed E-state index contributed by atoms with van der Waals surface area (Å²) in [6, 6.07) is 1.24. The Bertz CT molecular complexity index is 1900. The van der Waals surface area contributed by atoms with Crippen LogP contribution in [0.1, 0.15) is 143 Å². The number of nitrogens with zero attached hydrogens (tertiary/aromatic N) is 2. The first-order valence-electron chi connectivity index (χ1n) is 23.8. The van der Waals surface area contributed by atoms with Crippen LogP contribution in [0.25, 0.3) is 0 Å². The van der Waals surface area contributed by atoms with Crippen molar-refractivity contribution in [3.05, 3.63) is 83.5 Å². The number of allylic oxidation sites excluding steroid dienone is 8. The van der Waals surface area contributed by atoms with Crippen molar-refractivity contribution in [2.45, 2.75) is 173 Å². The fourth-order valence-electron chi connectivity index (χ4n) is 6.67. The third-order valence-electron chi connectivity index (χ3n) is 10.4. The average molecular weight is 1000 g/mol. The summed E-state index contributed by atoms with van der Waals surface area (Å²) in [6.45, 7) is 4.09. The first kappa shape index (κ1) is 60.5. The SMILES string of the molecule is CC/C=C\C(O)C/C=C/C=C\C/C=C\C/C=C\CCCC(=O)OC[C@H](COP(=O)(O)OP(=O)(O)OC[C@H]1O[C@@H](n2ccc(N)nc2=O)[C@H](O)[C@@H]1O)OC(=O)CCCCCCCCCCCC(C)C. The van der Waals surface area contributed by atoms with Crippen molar-refractivity contribution in [3.63, 3.8) is 0 Å². The zero-order valence-corrected chi connectivity index (χ0v) is 41.7. The van der Waals surface area contributed by atoms with Gasteiger partial charge in [0.05, 0.1) is 19.3 Å². The summed E-state index contributed by atoms with van der Waals surface area (Å²) >= 11 is 0. The van der Waals surface area contributed by atoms with Crippen molar-refractivity contribution >= 4 is 33.4 Å². The molecule has 0 radical (unpaired) electrons. The molecule has 2 heterocycles. The Balaban J connectivity index is 1.85. The highest BCUT2D eigenvalue weighted by atomic mass is 31.3. The Kier molecular flexibility index (Phi) is 30.9. The molecule has 0 aliphatic carbocycles. The number of carbonyl (C=O) groups excluding carboxylic acids is 2. The van der Waals surface area contributed by atoms with Crippen LogP contribution in [0.4, 0.5) is 5.82 Å². The summed E-state index contributed by atoms with van der Waals surface area (Å²) < 4.78 is 56.5. The fraction of sp³-hybridized carbons (Fsp3) is 0.660. The number of phosphoric ester groups is 2. The number of rotatable bonds is 37. The Labute approximate surface area is 401 Å². The van der Waals surface area contributed by atoms with Gasteiger partial charge in [0, 0.05) is 19.0 Å². The lowest BCUT2D eigenvalue weighted by Gasteiger charge is -2.21. The van der Waals surface area contributed by atoms with Gasteiger partial charge in [-0.3, -0.25) is 23.2 Å². The second-order valence-electron chi connectivity index (χ2n) is 16.9. The van der Waals surface area contributed by atoms with Gasteiger partial charge in [-0.1, -0.05) is 139 Å². The molecule has 1 aromatic heterocycles. The number of aliphatic hydroxyl groups excluding tert-OH is 3. The van der Waals surface area contributed by atoms with Gasteiger partial charge in [0.15, 0.2) is 12.3 Å². The molecule has 386 valence electrons. The van der Waals surface area contributed by atoms with E-state index < -0.39 is 89.8 Å². The maximum atomic E-state index is 12.8. The van der Waals surface area contributed by atoms with E-state index in [2.05, 4.69) is 23.1 Å². The van der Waals surface area contributed by atoms with Gasteiger partial charge in [-0.25, -0.2) is 13.9 Å². The second-order valence-corrected chi connectivity index (χ2v) is 20.0. The lowest BCUT2D eigenvalue weighted by molar-refractivity contribution is -0.161. The van der Waals surface area contributed by atoms with E-state index in [4.69, 9.17) is 29.0 Å². The average Bonchev–Trinajstić information content (AvgIpc) is 3.56. The van der Waals surface area contributed by atoms with Crippen LogP contribution in [0.15, 0.2) is 77.8 Å². The van der Waals surface area contributed by atoms with Crippen LogP contribution in [0.5, 0.6) is 0 Å². The molecule has 0 spiro atoms. The fourth-order valence-corrected chi connectivity index (χ4v) is 8.78. The van der Waals surface area contributed by atoms with E-state index in [1.807, 2.05) is 61.6 Å². The Morgan fingerprint density at radius 3 is 2.12 bits per heavy atom. The Morgan fingerprint density at radius 1 is 0.824 bits per heavy atom. The van der Waals surface area contributed by atoms with Gasteiger partial charge in [0.2, 0.25) is 0 Å². The predicted molar refractivity (Wildman–Crippen MR) is 258 cm³/mol. The van der Waals surface area contributed by atoms with Crippen LogP contribution in [0.3, 0.4) is 0 Å². The highest BCUT2D eigenvalue weighted by molar-refractivity contribution is 7.61. The quantitative estimate of drug-likeness (QED) is 0.0121. The van der Waals surface area contributed by atoms with Crippen LogP contribution >= 0.6 is 15.6 Å². The molecule has 7 N–H and O–H groups in total. The number of aromatic nitrogens is 2. The number of nitrogens with two attached hydrogens (primary N) is 1. The van der Waals surface area contributed by atoms with Crippen LogP contribution in [0, 0.1) is 5.92 Å². The Hall–Kier alpha value is -3.58. The van der Waals surface area contributed by atoms with Gasteiger partial charge in [0.1, 0.15) is 30.7 Å². The van der Waals surface area contributed by atoms with Gasteiger partial charge >= 0.3 is 33.3 Å². The van der Waals surface area contributed by atoms with E-state index in [9.17, 15) is 48.6 Å². The topological polar surface area (TPSA) is 286 Å². The van der Waals surface area contributed by atoms with Gasteiger partial charge < -0.3 is 45.1 Å². The summed E-state index contributed by atoms with van der Waals surface area (Å²) in [5.41, 5.74) is 4.57. The molecule has 1 saturated heterocycles. The first-order valence-corrected chi connectivity index (χ1v) is 26.8. The number of ether oxygens (including phenoxy) is 3. The van der Waals surface area contributed by atoms with Gasteiger partial charge in [-0.15, -0.1) is 0 Å². The van der Waals surface area contributed by atoms with E-state index >= 15 is 0 Å². The molecule has 21 heteroatoms. The number of unbranched alkanes of at least 4 members (excludes halogenated alkanes) is 9. The molecule has 19 nitrogen and oxygen atoms in total. The third kappa shape index (κ3) is 28.2. The molecule has 0 amide bonds. The molecule has 0 saturated carbocycles. The predicted octanol–water partition coefficient (Wildman–Crippen LogP) is 7.99. The van der Waals surface area contributed by atoms with Crippen molar-refractivity contribution in [3.8, 4) is 0 Å². The second kappa shape index (κ2) is 34.7. The molecule has 1 fully saturated rings. The lowest BCUT2D eigenvalue weighted by Crippen LogP contribution is -2.36. The number of aliphatic hydroxyl groups is 3. The summed E-state index contributed by atoms with van der Waals surface area (Å²) in [5, 5.41) is 30.7. The number of anilines is 1. The maximum absolute atomic E-state index is 12.8. The molecular weight excluding hydrogens is 924 g/mol. The summed E-state index contributed by atoms with van der Waals surface area (Å²) in [5.74, 6) is -0.678. The van der Waals surface area contributed by atoms with E-state index in [0.29, 0.717) is 32.1 Å². The molecular formula is C47H77N3O16P2. The number of nitrogen functional groups attached to an aromatic ring is 1. The molecule has 0 aromatic carbocycles. The molecule has 8 atom stereocenters. The molecule has 3 unspecified atom stereocenters. The van der Waals surface area contributed by atoms with E-state index in [1.165, 1.54) is 38.2 Å². The molecule has 0 bridgehead atoms. The van der Waals surface area contributed by atoms with Gasteiger partial charge in [-0.05, 0) is 56.9 Å². The van der Waals surface area contributed by atoms with Crippen LogP contribution in [-0.2, 0) is 46.3 Å². The number of phosphoric acid groups is 2. The third-order valence-corrected chi connectivity index (χ3v) is 13.0. The summed E-state index contributed by atoms with van der Waals surface area (Å²) in [4.78, 5) is 61.7. The van der Waals surface area contributed by atoms with Crippen molar-refractivity contribution < 1.29 is 71.4 Å². The van der Waals surface area contributed by atoms with E-state index in [0.717, 1.165) is 55.2 Å². The van der Waals surface area contributed by atoms with Gasteiger partial charge in [0.25, 0.3) is 0 Å². The number of esters is 2. The van der Waals surface area contributed by atoms with Crippen LogP contribution < -0.4 is 11.4 Å². The molecule has 68 heavy (non-hydrogen) atoms. The minimum atomic E-state index is -5.44. The lowest BCUT2D eigenvalue weighted by atomic mass is 10.0. The van der Waals surface area contributed by atoms with Crippen molar-refractivity contribution in [2.24, 2.45) is 5.92 Å². The molecule has 1 aliphatic rings. The minimum Gasteiger partial charge on any atom is -0.462 e. The van der Waals surface area contributed by atoms with Crippen LogP contribution in [-0.4, -0.2) is 96.9 Å². The largest absolute Gasteiger partial charge is 0.481 e. The zero-order valence-electron chi connectivity index (χ0n) is 39.9. The zero-order chi connectivity index (χ0) is 50.2. The monoisotopic (exact) mass is 1000 g/mol.